The van der Waals surface area contributed by atoms with Gasteiger partial charge in [-0.2, -0.15) is 0 Å². The van der Waals surface area contributed by atoms with E-state index in [9.17, 15) is 9.59 Å². The van der Waals surface area contributed by atoms with Crippen LogP contribution in [-0.2, 0) is 4.79 Å². The Morgan fingerprint density at radius 1 is 1.29 bits per heavy atom. The summed E-state index contributed by atoms with van der Waals surface area (Å²) in [6, 6.07) is 11.0. The number of nitrogens with one attached hydrogen (secondary N) is 1. The van der Waals surface area contributed by atoms with Gasteiger partial charge in [0.25, 0.3) is 5.91 Å². The summed E-state index contributed by atoms with van der Waals surface area (Å²) in [6.07, 6.45) is 1.57. The van der Waals surface area contributed by atoms with Gasteiger partial charge in [-0.1, -0.05) is 40.2 Å². The van der Waals surface area contributed by atoms with Gasteiger partial charge in [0.1, 0.15) is 6.04 Å². The highest BCUT2D eigenvalue weighted by atomic mass is 79.9. The first-order chi connectivity index (χ1) is 11.6. The molecule has 1 aromatic carbocycles. The number of nitrogens with zero attached hydrogens (tertiary/aromatic N) is 1. The molecule has 1 aromatic heterocycles. The van der Waals surface area contributed by atoms with Crippen LogP contribution in [0.25, 0.3) is 0 Å². The Morgan fingerprint density at radius 2 is 2.08 bits per heavy atom. The Hall–Kier alpha value is -1.66. The minimum absolute atomic E-state index is 0.0452. The SMILES string of the molecule is C[C@H](NC(=O)[C@H]1CCCN1C(=O)c1cccs1)c1ccccc1Br. The Kier molecular flexibility index (Phi) is 5.36. The maximum Gasteiger partial charge on any atom is 0.264 e. The van der Waals surface area contributed by atoms with Gasteiger partial charge in [0.05, 0.1) is 10.9 Å². The van der Waals surface area contributed by atoms with Crippen LogP contribution in [0.2, 0.25) is 0 Å². The van der Waals surface area contributed by atoms with Gasteiger partial charge in [0.15, 0.2) is 0 Å². The summed E-state index contributed by atoms with van der Waals surface area (Å²) in [6.45, 7) is 2.59. The molecule has 0 saturated carbocycles. The molecule has 3 rings (SSSR count). The second-order valence-electron chi connectivity index (χ2n) is 5.89. The molecule has 2 atom stereocenters. The monoisotopic (exact) mass is 406 g/mol. The van der Waals surface area contributed by atoms with Crippen molar-refractivity contribution in [3.05, 3.63) is 56.7 Å². The molecule has 1 aliphatic rings. The average molecular weight is 407 g/mol. The highest BCUT2D eigenvalue weighted by molar-refractivity contribution is 9.10. The van der Waals surface area contributed by atoms with Gasteiger partial charge in [-0.3, -0.25) is 9.59 Å². The van der Waals surface area contributed by atoms with Gasteiger partial charge in [-0.25, -0.2) is 0 Å². The molecule has 2 amide bonds. The van der Waals surface area contributed by atoms with E-state index in [1.54, 1.807) is 4.90 Å². The molecule has 1 saturated heterocycles. The molecule has 2 heterocycles. The maximum absolute atomic E-state index is 12.7. The number of carbonyl (C=O) groups excluding carboxylic acids is 2. The van der Waals surface area contributed by atoms with Crippen molar-refractivity contribution in [2.24, 2.45) is 0 Å². The summed E-state index contributed by atoms with van der Waals surface area (Å²) < 4.78 is 0.968. The third-order valence-corrected chi connectivity index (χ3v) is 5.86. The molecule has 0 radical (unpaired) electrons. The fourth-order valence-corrected chi connectivity index (χ4v) is 4.34. The van der Waals surface area contributed by atoms with Crippen LogP contribution in [-0.4, -0.2) is 29.3 Å². The zero-order valence-electron chi connectivity index (χ0n) is 13.4. The van der Waals surface area contributed by atoms with Crippen LogP contribution in [0, 0.1) is 0 Å². The van der Waals surface area contributed by atoms with Crippen LogP contribution in [0.3, 0.4) is 0 Å². The Morgan fingerprint density at radius 3 is 2.79 bits per heavy atom. The summed E-state index contributed by atoms with van der Waals surface area (Å²) >= 11 is 4.93. The molecule has 0 spiro atoms. The van der Waals surface area contributed by atoms with Gasteiger partial charge in [0, 0.05) is 11.0 Å². The quantitative estimate of drug-likeness (QED) is 0.833. The largest absolute Gasteiger partial charge is 0.348 e. The van der Waals surface area contributed by atoms with E-state index in [1.165, 1.54) is 11.3 Å². The second-order valence-corrected chi connectivity index (χ2v) is 7.69. The van der Waals surface area contributed by atoms with Crippen molar-refractivity contribution in [3.63, 3.8) is 0 Å². The number of amides is 2. The van der Waals surface area contributed by atoms with E-state index >= 15 is 0 Å². The molecular weight excluding hydrogens is 388 g/mol. The Labute approximate surface area is 154 Å². The van der Waals surface area contributed by atoms with Crippen molar-refractivity contribution in [1.82, 2.24) is 10.2 Å². The molecule has 24 heavy (non-hydrogen) atoms. The first-order valence-electron chi connectivity index (χ1n) is 7.97. The molecule has 2 aromatic rings. The van der Waals surface area contributed by atoms with Crippen LogP contribution >= 0.6 is 27.3 Å². The Balaban J connectivity index is 1.70. The molecule has 126 valence electrons. The number of carbonyl (C=O) groups is 2. The number of benzene rings is 1. The molecular formula is C18H19BrN2O2S. The Bertz CT molecular complexity index is 732. The van der Waals surface area contributed by atoms with E-state index in [0.717, 1.165) is 16.5 Å². The van der Waals surface area contributed by atoms with Gasteiger partial charge >= 0.3 is 0 Å². The van der Waals surface area contributed by atoms with E-state index < -0.39 is 0 Å². The van der Waals surface area contributed by atoms with Gasteiger partial charge < -0.3 is 10.2 Å². The number of rotatable bonds is 4. The number of thiophene rings is 1. The molecule has 6 heteroatoms. The van der Waals surface area contributed by atoms with E-state index in [0.29, 0.717) is 17.8 Å². The summed E-state index contributed by atoms with van der Waals surface area (Å²) in [5.41, 5.74) is 1.03. The van der Waals surface area contributed by atoms with Crippen LogP contribution in [0.5, 0.6) is 0 Å². The molecule has 0 aliphatic carbocycles. The number of hydrogen-bond donors (Lipinski definition) is 1. The molecule has 1 fully saturated rings. The normalized spacial score (nSPS) is 18.4. The molecule has 0 unspecified atom stereocenters. The summed E-state index contributed by atoms with van der Waals surface area (Å²) in [7, 11) is 0. The van der Waals surface area contributed by atoms with Crippen molar-refractivity contribution in [1.29, 1.82) is 0 Å². The zero-order chi connectivity index (χ0) is 17.1. The molecule has 1 N–H and O–H groups in total. The van der Waals surface area contributed by atoms with Crippen molar-refractivity contribution >= 4 is 39.1 Å². The third-order valence-electron chi connectivity index (χ3n) is 4.28. The number of hydrogen-bond acceptors (Lipinski definition) is 3. The number of halogens is 1. The average Bonchev–Trinajstić information content (AvgIpc) is 3.26. The lowest BCUT2D eigenvalue weighted by Crippen LogP contribution is -2.46. The fraction of sp³-hybridized carbons (Fsp3) is 0.333. The first-order valence-corrected chi connectivity index (χ1v) is 9.64. The standard InChI is InChI=1S/C18H19BrN2O2S/c1-12(13-6-2-3-7-14(13)19)20-17(22)15-8-4-10-21(15)18(23)16-9-5-11-24-16/h2-3,5-7,9,11-12,15H,4,8,10H2,1H3,(H,20,22)/t12-,15+/m0/s1. The molecule has 0 bridgehead atoms. The maximum atomic E-state index is 12.7. The fourth-order valence-electron chi connectivity index (χ4n) is 3.04. The summed E-state index contributed by atoms with van der Waals surface area (Å²) in [5.74, 6) is -0.128. The highest BCUT2D eigenvalue weighted by Crippen LogP contribution is 2.25. The lowest BCUT2D eigenvalue weighted by molar-refractivity contribution is -0.125. The van der Waals surface area contributed by atoms with E-state index in [4.69, 9.17) is 0 Å². The molecule has 4 nitrogen and oxygen atoms in total. The van der Waals surface area contributed by atoms with E-state index in [-0.39, 0.29) is 23.9 Å². The van der Waals surface area contributed by atoms with Crippen LogP contribution in [0.1, 0.15) is 41.0 Å². The topological polar surface area (TPSA) is 49.4 Å². The van der Waals surface area contributed by atoms with Crippen molar-refractivity contribution in [2.75, 3.05) is 6.54 Å². The van der Waals surface area contributed by atoms with Crippen LogP contribution in [0.4, 0.5) is 0 Å². The molecule has 1 aliphatic heterocycles. The second kappa shape index (κ2) is 7.49. The lowest BCUT2D eigenvalue weighted by Gasteiger charge is -2.25. The van der Waals surface area contributed by atoms with Gasteiger partial charge in [0.2, 0.25) is 5.91 Å². The van der Waals surface area contributed by atoms with Gasteiger partial charge in [-0.05, 0) is 42.8 Å². The van der Waals surface area contributed by atoms with Crippen molar-refractivity contribution < 1.29 is 9.59 Å². The predicted octanol–water partition coefficient (Wildman–Crippen LogP) is 3.99. The van der Waals surface area contributed by atoms with Gasteiger partial charge in [-0.15, -0.1) is 11.3 Å². The van der Waals surface area contributed by atoms with E-state index in [1.807, 2.05) is 48.7 Å². The van der Waals surface area contributed by atoms with E-state index in [2.05, 4.69) is 21.2 Å². The highest BCUT2D eigenvalue weighted by Gasteiger charge is 2.35. The first kappa shape index (κ1) is 17.2. The van der Waals surface area contributed by atoms with Crippen LogP contribution < -0.4 is 5.32 Å². The third kappa shape index (κ3) is 3.54. The zero-order valence-corrected chi connectivity index (χ0v) is 15.8. The summed E-state index contributed by atoms with van der Waals surface area (Å²) in [4.78, 5) is 27.7. The van der Waals surface area contributed by atoms with Crippen molar-refractivity contribution in [2.45, 2.75) is 31.8 Å². The predicted molar refractivity (Wildman–Crippen MR) is 99.1 cm³/mol. The summed E-state index contributed by atoms with van der Waals surface area (Å²) in [5, 5.41) is 4.93. The number of likely N-dealkylation sites (tertiary alicyclic amines) is 1. The minimum atomic E-state index is -0.385. The van der Waals surface area contributed by atoms with Crippen molar-refractivity contribution in [3.8, 4) is 0 Å². The lowest BCUT2D eigenvalue weighted by atomic mass is 10.1. The van der Waals surface area contributed by atoms with Crippen LogP contribution in [0.15, 0.2) is 46.3 Å². The smallest absolute Gasteiger partial charge is 0.264 e. The minimum Gasteiger partial charge on any atom is -0.348 e.